The monoisotopic (exact) mass is 197 g/mol. The van der Waals surface area contributed by atoms with Crippen molar-refractivity contribution in [1.29, 1.82) is 0 Å². The molecule has 0 aromatic carbocycles. The third-order valence-electron chi connectivity index (χ3n) is 1.52. The molecule has 0 aliphatic carbocycles. The van der Waals surface area contributed by atoms with E-state index in [0.717, 1.165) is 5.56 Å². The molecule has 1 aromatic rings. The smallest absolute Gasteiger partial charge is 0.331 e. The quantitative estimate of drug-likeness (QED) is 0.564. The number of aryl methyl sites for hydroxylation is 1. The number of rotatable bonds is 4. The predicted molar refractivity (Wildman–Crippen MR) is 50.2 cm³/mol. The fourth-order valence-corrected chi connectivity index (χ4v) is 0.939. The number of hydrogen-bond donors (Lipinski definition) is 1. The van der Waals surface area contributed by atoms with Crippen LogP contribution in [0.5, 0.6) is 5.88 Å². The molecular formula is C8H11N3O3. The summed E-state index contributed by atoms with van der Waals surface area (Å²) < 4.78 is 5.02. The van der Waals surface area contributed by atoms with Crippen LogP contribution in [0.15, 0.2) is 12.3 Å². The maximum Gasteiger partial charge on any atom is 0.331 e. The van der Waals surface area contributed by atoms with Gasteiger partial charge in [-0.2, -0.15) is 0 Å². The number of nitrogens with zero attached hydrogens (tertiary/aromatic N) is 2. The zero-order valence-electron chi connectivity index (χ0n) is 7.77. The zero-order chi connectivity index (χ0) is 10.6. The summed E-state index contributed by atoms with van der Waals surface area (Å²) in [6.45, 7) is 2.25. The maximum absolute atomic E-state index is 10.6. The minimum absolute atomic E-state index is 0.0195. The molecule has 0 aliphatic heterocycles. The molecule has 0 saturated carbocycles. The standard InChI is InChI=1S/C8H11N3O3/c1-6-4-7(11(12)13)8(10-5-6)14-3-2-9/h4-5H,2-3,9H2,1H3. The van der Waals surface area contributed by atoms with E-state index in [0.29, 0.717) is 6.54 Å². The van der Waals surface area contributed by atoms with E-state index < -0.39 is 4.92 Å². The summed E-state index contributed by atoms with van der Waals surface area (Å²) in [7, 11) is 0. The maximum atomic E-state index is 10.6. The molecule has 76 valence electrons. The Balaban J connectivity index is 2.96. The highest BCUT2D eigenvalue weighted by atomic mass is 16.6. The SMILES string of the molecule is Cc1cnc(OCCN)c([N+](=O)[O-])c1. The Labute approximate surface area is 80.9 Å². The predicted octanol–water partition coefficient (Wildman–Crippen LogP) is 0.636. The van der Waals surface area contributed by atoms with Crippen LogP contribution in [0, 0.1) is 17.0 Å². The Morgan fingerprint density at radius 2 is 2.43 bits per heavy atom. The van der Waals surface area contributed by atoms with Crippen LogP contribution in [0.1, 0.15) is 5.56 Å². The fourth-order valence-electron chi connectivity index (χ4n) is 0.939. The van der Waals surface area contributed by atoms with E-state index >= 15 is 0 Å². The molecule has 0 spiro atoms. The molecule has 0 atom stereocenters. The van der Waals surface area contributed by atoms with Gasteiger partial charge in [-0.25, -0.2) is 4.98 Å². The molecule has 1 aromatic heterocycles. The summed E-state index contributed by atoms with van der Waals surface area (Å²) in [6, 6.07) is 1.42. The average molecular weight is 197 g/mol. The number of pyridine rings is 1. The van der Waals surface area contributed by atoms with Gasteiger partial charge >= 0.3 is 5.69 Å². The number of hydrogen-bond acceptors (Lipinski definition) is 5. The highest BCUT2D eigenvalue weighted by Gasteiger charge is 2.16. The first-order chi connectivity index (χ1) is 6.65. The van der Waals surface area contributed by atoms with Crippen LogP contribution >= 0.6 is 0 Å². The van der Waals surface area contributed by atoms with E-state index in [4.69, 9.17) is 10.5 Å². The van der Waals surface area contributed by atoms with Gasteiger partial charge in [0.1, 0.15) is 6.61 Å². The first-order valence-electron chi connectivity index (χ1n) is 4.09. The van der Waals surface area contributed by atoms with Crippen molar-refractivity contribution >= 4 is 5.69 Å². The molecule has 0 fully saturated rings. The number of ether oxygens (including phenoxy) is 1. The van der Waals surface area contributed by atoms with Crippen LogP contribution in [0.25, 0.3) is 0 Å². The third kappa shape index (κ3) is 2.40. The lowest BCUT2D eigenvalue weighted by atomic mass is 10.3. The van der Waals surface area contributed by atoms with E-state index in [2.05, 4.69) is 4.98 Å². The molecule has 0 amide bonds. The van der Waals surface area contributed by atoms with Crippen molar-refractivity contribution in [1.82, 2.24) is 4.98 Å². The first-order valence-corrected chi connectivity index (χ1v) is 4.09. The van der Waals surface area contributed by atoms with Crippen LogP contribution in [0.2, 0.25) is 0 Å². The third-order valence-corrected chi connectivity index (χ3v) is 1.52. The summed E-state index contributed by atoms with van der Waals surface area (Å²) in [5, 5.41) is 10.6. The Hall–Kier alpha value is -1.69. The molecule has 1 rings (SSSR count). The van der Waals surface area contributed by atoms with Crippen molar-refractivity contribution in [2.45, 2.75) is 6.92 Å². The minimum Gasteiger partial charge on any atom is -0.471 e. The van der Waals surface area contributed by atoms with Gasteiger partial charge in [0.15, 0.2) is 0 Å². The van der Waals surface area contributed by atoms with Crippen LogP contribution in [-0.2, 0) is 0 Å². The lowest BCUT2D eigenvalue weighted by molar-refractivity contribution is -0.386. The van der Waals surface area contributed by atoms with Crippen LogP contribution < -0.4 is 10.5 Å². The van der Waals surface area contributed by atoms with Gasteiger partial charge in [-0.3, -0.25) is 10.1 Å². The van der Waals surface area contributed by atoms with Gasteiger partial charge in [-0.1, -0.05) is 0 Å². The molecule has 0 saturated heterocycles. The molecule has 0 unspecified atom stereocenters. The highest BCUT2D eigenvalue weighted by Crippen LogP contribution is 2.24. The highest BCUT2D eigenvalue weighted by molar-refractivity contribution is 5.42. The van der Waals surface area contributed by atoms with Crippen molar-refractivity contribution in [2.75, 3.05) is 13.2 Å². The van der Waals surface area contributed by atoms with Gasteiger partial charge in [-0.05, 0) is 12.5 Å². The van der Waals surface area contributed by atoms with E-state index in [9.17, 15) is 10.1 Å². The second-order valence-electron chi connectivity index (χ2n) is 2.73. The van der Waals surface area contributed by atoms with Gasteiger partial charge in [0.25, 0.3) is 5.88 Å². The summed E-state index contributed by atoms with van der Waals surface area (Å²) in [4.78, 5) is 13.9. The minimum atomic E-state index is -0.522. The lowest BCUT2D eigenvalue weighted by Gasteiger charge is -2.03. The Kier molecular flexibility index (Phi) is 3.35. The van der Waals surface area contributed by atoms with Gasteiger partial charge in [-0.15, -0.1) is 0 Å². The fraction of sp³-hybridized carbons (Fsp3) is 0.375. The van der Waals surface area contributed by atoms with Gasteiger partial charge in [0, 0.05) is 18.8 Å². The zero-order valence-corrected chi connectivity index (χ0v) is 7.77. The Morgan fingerprint density at radius 3 is 3.00 bits per heavy atom. The molecule has 1 heterocycles. The number of nitrogens with two attached hydrogens (primary N) is 1. The summed E-state index contributed by atoms with van der Waals surface area (Å²) >= 11 is 0. The molecule has 6 heteroatoms. The first kappa shape index (κ1) is 10.4. The largest absolute Gasteiger partial charge is 0.471 e. The van der Waals surface area contributed by atoms with Crippen molar-refractivity contribution in [2.24, 2.45) is 5.73 Å². The van der Waals surface area contributed by atoms with Crippen LogP contribution in [-0.4, -0.2) is 23.1 Å². The lowest BCUT2D eigenvalue weighted by Crippen LogP contribution is -2.12. The Morgan fingerprint density at radius 1 is 1.71 bits per heavy atom. The molecule has 0 aliphatic rings. The molecule has 6 nitrogen and oxygen atoms in total. The van der Waals surface area contributed by atoms with Gasteiger partial charge in [0.05, 0.1) is 4.92 Å². The Bertz CT molecular complexity index is 341. The second kappa shape index (κ2) is 4.52. The molecule has 0 radical (unpaired) electrons. The average Bonchev–Trinajstić information content (AvgIpc) is 2.15. The van der Waals surface area contributed by atoms with Crippen molar-refractivity contribution in [3.05, 3.63) is 27.9 Å². The van der Waals surface area contributed by atoms with Crippen molar-refractivity contribution < 1.29 is 9.66 Å². The molecule has 2 N–H and O–H groups in total. The van der Waals surface area contributed by atoms with Crippen LogP contribution in [0.4, 0.5) is 5.69 Å². The number of nitro groups is 1. The van der Waals surface area contributed by atoms with Crippen LogP contribution in [0.3, 0.4) is 0 Å². The van der Waals surface area contributed by atoms with E-state index in [1.54, 1.807) is 6.92 Å². The summed E-state index contributed by atoms with van der Waals surface area (Å²) in [6.07, 6.45) is 1.51. The van der Waals surface area contributed by atoms with Gasteiger partial charge in [0.2, 0.25) is 0 Å². The molecule has 14 heavy (non-hydrogen) atoms. The van der Waals surface area contributed by atoms with Crippen molar-refractivity contribution in [3.8, 4) is 5.88 Å². The van der Waals surface area contributed by atoms with E-state index in [1.165, 1.54) is 12.3 Å². The summed E-state index contributed by atoms with van der Waals surface area (Å²) in [5.41, 5.74) is 5.80. The second-order valence-corrected chi connectivity index (χ2v) is 2.73. The van der Waals surface area contributed by atoms with E-state index in [1.807, 2.05) is 0 Å². The molecular weight excluding hydrogens is 186 g/mol. The normalized spacial score (nSPS) is 9.86. The topological polar surface area (TPSA) is 91.3 Å². The molecule has 0 bridgehead atoms. The number of aromatic nitrogens is 1. The summed E-state index contributed by atoms with van der Waals surface area (Å²) in [5.74, 6) is 0.0195. The van der Waals surface area contributed by atoms with Crippen molar-refractivity contribution in [3.63, 3.8) is 0 Å². The van der Waals surface area contributed by atoms with E-state index in [-0.39, 0.29) is 18.2 Å². The van der Waals surface area contributed by atoms with Gasteiger partial charge < -0.3 is 10.5 Å².